The highest BCUT2D eigenvalue weighted by molar-refractivity contribution is 5.94. The Morgan fingerprint density at radius 3 is 2.31 bits per heavy atom. The number of carbonyl (C=O) groups is 1. The lowest BCUT2D eigenvalue weighted by atomic mass is 10.1. The van der Waals surface area contributed by atoms with Gasteiger partial charge >= 0.3 is 6.18 Å². The average Bonchev–Trinajstić information content (AvgIpc) is 3.12. The van der Waals surface area contributed by atoms with Gasteiger partial charge in [0.1, 0.15) is 0 Å². The Labute approximate surface area is 150 Å². The van der Waals surface area contributed by atoms with E-state index in [-0.39, 0.29) is 18.5 Å². The molecule has 1 saturated heterocycles. The summed E-state index contributed by atoms with van der Waals surface area (Å²) in [6, 6.07) is 11.0. The SMILES string of the molecule is Cc1ccc(C)n1-c1ccc(C(=O)N[C@@H]2CCN(CC(F)(F)F)C2)cc1. The molecule has 1 N–H and O–H groups in total. The Bertz CT molecular complexity index is 761. The Morgan fingerprint density at radius 1 is 1.12 bits per heavy atom. The number of benzene rings is 1. The van der Waals surface area contributed by atoms with E-state index in [1.54, 1.807) is 12.1 Å². The molecular formula is C19H22F3N3O. The van der Waals surface area contributed by atoms with Gasteiger partial charge in [-0.2, -0.15) is 13.2 Å². The second-order valence-electron chi connectivity index (χ2n) is 6.81. The fraction of sp³-hybridized carbons (Fsp3) is 0.421. The highest BCUT2D eigenvalue weighted by Gasteiger charge is 2.34. The van der Waals surface area contributed by atoms with E-state index < -0.39 is 12.7 Å². The smallest absolute Gasteiger partial charge is 0.348 e. The summed E-state index contributed by atoms with van der Waals surface area (Å²) in [5, 5.41) is 2.83. The van der Waals surface area contributed by atoms with Crippen LogP contribution in [0.2, 0.25) is 0 Å². The molecule has 1 aliphatic heterocycles. The minimum absolute atomic E-state index is 0.227. The fourth-order valence-electron chi connectivity index (χ4n) is 3.45. The molecule has 0 spiro atoms. The van der Waals surface area contributed by atoms with Crippen molar-refractivity contribution < 1.29 is 18.0 Å². The zero-order valence-electron chi connectivity index (χ0n) is 14.8. The van der Waals surface area contributed by atoms with Crippen molar-refractivity contribution in [3.8, 4) is 5.69 Å². The molecule has 26 heavy (non-hydrogen) atoms. The second kappa shape index (κ2) is 7.15. The van der Waals surface area contributed by atoms with Crippen LogP contribution in [0.4, 0.5) is 13.2 Å². The van der Waals surface area contributed by atoms with Crippen molar-refractivity contribution in [3.05, 3.63) is 53.3 Å². The van der Waals surface area contributed by atoms with E-state index in [0.29, 0.717) is 18.5 Å². The summed E-state index contributed by atoms with van der Waals surface area (Å²) in [7, 11) is 0. The van der Waals surface area contributed by atoms with Gasteiger partial charge in [0, 0.05) is 41.8 Å². The summed E-state index contributed by atoms with van der Waals surface area (Å²) >= 11 is 0. The molecule has 0 bridgehead atoms. The molecule has 0 radical (unpaired) electrons. The van der Waals surface area contributed by atoms with Crippen molar-refractivity contribution in [2.45, 2.75) is 32.5 Å². The predicted octanol–water partition coefficient (Wildman–Crippen LogP) is 3.46. The number of likely N-dealkylation sites (tertiary alicyclic amines) is 1. The Hall–Kier alpha value is -2.28. The number of hydrogen-bond donors (Lipinski definition) is 1. The first kappa shape index (κ1) is 18.5. The number of nitrogens with one attached hydrogen (secondary N) is 1. The van der Waals surface area contributed by atoms with Crippen LogP contribution in [0.1, 0.15) is 28.2 Å². The van der Waals surface area contributed by atoms with Crippen LogP contribution >= 0.6 is 0 Å². The Kier molecular flexibility index (Phi) is 5.09. The monoisotopic (exact) mass is 365 g/mol. The number of halogens is 3. The third-order valence-electron chi connectivity index (χ3n) is 4.67. The van der Waals surface area contributed by atoms with Gasteiger partial charge in [-0.3, -0.25) is 9.69 Å². The zero-order chi connectivity index (χ0) is 18.9. The lowest BCUT2D eigenvalue weighted by Gasteiger charge is -2.18. The molecule has 7 heteroatoms. The summed E-state index contributed by atoms with van der Waals surface area (Å²) in [5.74, 6) is -0.253. The zero-order valence-corrected chi connectivity index (χ0v) is 14.8. The Morgan fingerprint density at radius 2 is 1.73 bits per heavy atom. The van der Waals surface area contributed by atoms with Crippen LogP contribution in [-0.2, 0) is 0 Å². The molecule has 140 valence electrons. The normalized spacial score (nSPS) is 18.3. The minimum atomic E-state index is -4.20. The molecule has 1 fully saturated rings. The maximum Gasteiger partial charge on any atom is 0.401 e. The largest absolute Gasteiger partial charge is 0.401 e. The summed E-state index contributed by atoms with van der Waals surface area (Å²) in [5.41, 5.74) is 3.69. The molecule has 1 aliphatic rings. The van der Waals surface area contributed by atoms with Crippen molar-refractivity contribution >= 4 is 5.91 Å². The van der Waals surface area contributed by atoms with Crippen LogP contribution in [0, 0.1) is 13.8 Å². The van der Waals surface area contributed by atoms with Crippen molar-refractivity contribution in [1.29, 1.82) is 0 Å². The van der Waals surface area contributed by atoms with Gasteiger partial charge in [-0.25, -0.2) is 0 Å². The first-order chi connectivity index (χ1) is 12.2. The highest BCUT2D eigenvalue weighted by atomic mass is 19.4. The topological polar surface area (TPSA) is 37.3 Å². The maximum absolute atomic E-state index is 12.4. The van der Waals surface area contributed by atoms with Gasteiger partial charge in [0.25, 0.3) is 5.91 Å². The number of aromatic nitrogens is 1. The van der Waals surface area contributed by atoms with E-state index in [4.69, 9.17) is 0 Å². The van der Waals surface area contributed by atoms with Gasteiger partial charge in [0.15, 0.2) is 0 Å². The number of carbonyl (C=O) groups excluding carboxylic acids is 1. The molecular weight excluding hydrogens is 343 g/mol. The molecule has 4 nitrogen and oxygen atoms in total. The van der Waals surface area contributed by atoms with E-state index in [1.165, 1.54) is 4.90 Å². The number of nitrogens with zero attached hydrogens (tertiary/aromatic N) is 2. The third kappa shape index (κ3) is 4.27. The molecule has 1 aromatic heterocycles. The molecule has 1 aromatic carbocycles. The minimum Gasteiger partial charge on any atom is -0.348 e. The van der Waals surface area contributed by atoms with E-state index >= 15 is 0 Å². The van der Waals surface area contributed by atoms with Gasteiger partial charge in [-0.1, -0.05) is 0 Å². The van der Waals surface area contributed by atoms with Gasteiger partial charge in [0.05, 0.1) is 6.54 Å². The van der Waals surface area contributed by atoms with Crippen molar-refractivity contribution in [2.24, 2.45) is 0 Å². The first-order valence-electron chi connectivity index (χ1n) is 8.58. The number of alkyl halides is 3. The van der Waals surface area contributed by atoms with E-state index in [2.05, 4.69) is 9.88 Å². The van der Waals surface area contributed by atoms with Gasteiger partial charge < -0.3 is 9.88 Å². The van der Waals surface area contributed by atoms with Gasteiger partial charge in [-0.05, 0) is 56.7 Å². The first-order valence-corrected chi connectivity index (χ1v) is 8.58. The molecule has 1 atom stereocenters. The average molecular weight is 365 g/mol. The van der Waals surface area contributed by atoms with E-state index in [0.717, 1.165) is 17.1 Å². The van der Waals surface area contributed by atoms with Crippen LogP contribution in [0.15, 0.2) is 36.4 Å². The summed E-state index contributed by atoms with van der Waals surface area (Å²) in [6.07, 6.45) is -3.68. The molecule has 0 aliphatic carbocycles. The number of aryl methyl sites for hydroxylation is 2. The number of rotatable bonds is 4. The molecule has 2 heterocycles. The molecule has 3 rings (SSSR count). The van der Waals surface area contributed by atoms with E-state index in [1.807, 2.05) is 38.1 Å². The lowest BCUT2D eigenvalue weighted by molar-refractivity contribution is -0.143. The summed E-state index contributed by atoms with van der Waals surface area (Å²) < 4.78 is 39.4. The van der Waals surface area contributed by atoms with Crippen LogP contribution < -0.4 is 5.32 Å². The van der Waals surface area contributed by atoms with Crippen LogP contribution in [0.25, 0.3) is 5.69 Å². The summed E-state index contributed by atoms with van der Waals surface area (Å²) in [4.78, 5) is 13.7. The van der Waals surface area contributed by atoms with Crippen LogP contribution in [-0.4, -0.2) is 47.2 Å². The lowest BCUT2D eigenvalue weighted by Crippen LogP contribution is -2.39. The van der Waals surface area contributed by atoms with Crippen molar-refractivity contribution in [2.75, 3.05) is 19.6 Å². The van der Waals surface area contributed by atoms with E-state index in [9.17, 15) is 18.0 Å². The molecule has 1 amide bonds. The number of hydrogen-bond acceptors (Lipinski definition) is 2. The van der Waals surface area contributed by atoms with Crippen LogP contribution in [0.3, 0.4) is 0 Å². The third-order valence-corrected chi connectivity index (χ3v) is 4.67. The quantitative estimate of drug-likeness (QED) is 0.901. The standard InChI is InChI=1S/C19H22F3N3O/c1-13-3-4-14(2)25(13)17-7-5-15(6-8-17)18(26)23-16-9-10-24(11-16)12-19(20,21)22/h3-8,16H,9-12H2,1-2H3,(H,23,26)/t16-/m1/s1. The second-order valence-corrected chi connectivity index (χ2v) is 6.81. The highest BCUT2D eigenvalue weighted by Crippen LogP contribution is 2.20. The molecule has 0 unspecified atom stereocenters. The maximum atomic E-state index is 12.4. The van der Waals surface area contributed by atoms with Crippen molar-refractivity contribution in [3.63, 3.8) is 0 Å². The predicted molar refractivity (Wildman–Crippen MR) is 93.6 cm³/mol. The summed E-state index contributed by atoms with van der Waals surface area (Å²) in [6.45, 7) is 3.67. The fourth-order valence-corrected chi connectivity index (χ4v) is 3.45. The molecule has 0 saturated carbocycles. The molecule has 2 aromatic rings. The van der Waals surface area contributed by atoms with Gasteiger partial charge in [-0.15, -0.1) is 0 Å². The number of amides is 1. The van der Waals surface area contributed by atoms with Crippen molar-refractivity contribution in [1.82, 2.24) is 14.8 Å². The Balaban J connectivity index is 1.61. The van der Waals surface area contributed by atoms with Gasteiger partial charge in [0.2, 0.25) is 0 Å². The van der Waals surface area contributed by atoms with Crippen LogP contribution in [0.5, 0.6) is 0 Å².